The Kier molecular flexibility index (Phi) is 206. The van der Waals surface area contributed by atoms with Crippen molar-refractivity contribution in [2.45, 2.75) is 0 Å². The molecule has 0 spiro atoms. The molecule has 0 saturated carbocycles. The van der Waals surface area contributed by atoms with Gasteiger partial charge < -0.3 is 5.48 Å². The first-order valence-corrected chi connectivity index (χ1v) is 0. The molecule has 0 saturated heterocycles. The summed E-state index contributed by atoms with van der Waals surface area (Å²) in [6.07, 6.45) is 0. The minimum atomic E-state index is 0. The molecule has 2 radical (unpaired) electrons. The van der Waals surface area contributed by atoms with E-state index in [1.807, 2.05) is 0 Å². The van der Waals surface area contributed by atoms with Gasteiger partial charge in [0, 0.05) is 40.9 Å². The first kappa shape index (κ1) is 39.6. The molecule has 0 heterocycles. The van der Waals surface area contributed by atoms with Crippen LogP contribution in [0.4, 0.5) is 0 Å². The molecule has 4 heavy (non-hydrogen) atoms. The maximum atomic E-state index is 0. The van der Waals surface area contributed by atoms with Crippen LogP contribution in [0.25, 0.3) is 0 Å². The van der Waals surface area contributed by atoms with Crippen molar-refractivity contribution in [1.82, 2.24) is 0 Å². The maximum absolute atomic E-state index is 0. The van der Waals surface area contributed by atoms with Gasteiger partial charge in [-0.25, -0.2) is 0 Å². The Morgan fingerprint density at radius 2 is 1.00 bits per heavy atom. The van der Waals surface area contributed by atoms with E-state index in [-0.39, 0.29) is 65.3 Å². The van der Waals surface area contributed by atoms with E-state index in [2.05, 4.69) is 0 Å². The van der Waals surface area contributed by atoms with E-state index < -0.39 is 0 Å². The Morgan fingerprint density at radius 1 is 1.00 bits per heavy atom. The topological polar surface area (TPSA) is 31.5 Å². The van der Waals surface area contributed by atoms with Crippen molar-refractivity contribution in [3.63, 3.8) is 0 Å². The van der Waals surface area contributed by atoms with Gasteiger partial charge >= 0.3 is 18.9 Å². The van der Waals surface area contributed by atoms with Gasteiger partial charge in [-0.3, -0.25) is 0 Å². The summed E-state index contributed by atoms with van der Waals surface area (Å²) < 4.78 is 0. The van der Waals surface area contributed by atoms with Gasteiger partial charge in [0.15, 0.2) is 0 Å². The average Bonchev–Trinajstić information content (AvgIpc) is 0. The second kappa shape index (κ2) is 20.8. The molecule has 0 amide bonds. The molecule has 0 fully saturated rings. The van der Waals surface area contributed by atoms with Gasteiger partial charge in [-0.1, -0.05) is 0 Å². The van der Waals surface area contributed by atoms with Crippen LogP contribution in [-0.2, 0) is 40.9 Å². The zero-order valence-electron chi connectivity index (χ0n) is 1.25. The Balaban J connectivity index is 0. The fourth-order valence-electron chi connectivity index (χ4n) is 0. The summed E-state index contributed by atoms with van der Waals surface area (Å²) in [5, 5.41) is 0. The monoisotopic (exact) mass is 184 g/mol. The molecule has 0 unspecified atom stereocenters. The van der Waals surface area contributed by atoms with E-state index in [0.717, 1.165) is 0 Å². The molecule has 0 rings (SSSR count). The SMILES string of the molecule is O.[Ag].[LiH].[V]. The van der Waals surface area contributed by atoms with Gasteiger partial charge in [-0.2, -0.15) is 0 Å². The van der Waals surface area contributed by atoms with Crippen LogP contribution in [0.15, 0.2) is 0 Å². The Labute approximate surface area is 64.8 Å². The summed E-state index contributed by atoms with van der Waals surface area (Å²) in [6.45, 7) is 0. The predicted octanol–water partition coefficient (Wildman–Crippen LogP) is -1.48. The minimum Gasteiger partial charge on any atom is 0 e. The Morgan fingerprint density at radius 3 is 1.00 bits per heavy atom. The van der Waals surface area contributed by atoms with Gasteiger partial charge in [0.1, 0.15) is 0 Å². The van der Waals surface area contributed by atoms with E-state index in [9.17, 15) is 0 Å². The minimum absolute atomic E-state index is 0. The summed E-state index contributed by atoms with van der Waals surface area (Å²) in [6, 6.07) is 0. The van der Waals surface area contributed by atoms with Crippen LogP contribution in [0.3, 0.4) is 0 Å². The van der Waals surface area contributed by atoms with Crippen molar-refractivity contribution >= 4 is 18.9 Å². The van der Waals surface area contributed by atoms with Gasteiger partial charge in [0.25, 0.3) is 0 Å². The van der Waals surface area contributed by atoms with Crippen LogP contribution in [0.2, 0.25) is 0 Å². The third kappa shape index (κ3) is 9.10. The van der Waals surface area contributed by atoms with E-state index in [1.54, 1.807) is 0 Å². The summed E-state index contributed by atoms with van der Waals surface area (Å²) in [5.41, 5.74) is 0. The van der Waals surface area contributed by atoms with Crippen molar-refractivity contribution < 1.29 is 46.4 Å². The standard InChI is InChI=1S/Ag.Li.H2O.V.H/h;;1H2;;. The van der Waals surface area contributed by atoms with Crippen molar-refractivity contribution in [2.75, 3.05) is 0 Å². The number of hydrogen-bond acceptors (Lipinski definition) is 0. The van der Waals surface area contributed by atoms with E-state index in [4.69, 9.17) is 0 Å². The summed E-state index contributed by atoms with van der Waals surface area (Å²) in [5.74, 6) is 0. The molecule has 1 nitrogen and oxygen atoms in total. The molecule has 0 aliphatic heterocycles. The predicted molar refractivity (Wildman–Crippen MR) is 10.8 cm³/mol. The Hall–Kier alpha value is 1.88. The van der Waals surface area contributed by atoms with Crippen LogP contribution >= 0.6 is 0 Å². The fraction of sp³-hybridized carbons (Fsp3) is 0. The van der Waals surface area contributed by atoms with E-state index >= 15 is 0 Å². The van der Waals surface area contributed by atoms with Crippen molar-refractivity contribution in [3.05, 3.63) is 0 Å². The van der Waals surface area contributed by atoms with E-state index in [1.165, 1.54) is 0 Å². The second-order valence-electron chi connectivity index (χ2n) is 0. The van der Waals surface area contributed by atoms with Crippen molar-refractivity contribution in [1.29, 1.82) is 0 Å². The molecule has 0 atom stereocenters. The maximum Gasteiger partial charge on any atom is 0 e. The second-order valence-corrected chi connectivity index (χ2v) is 0. The molecule has 0 bridgehead atoms. The molecular formula is H3AgLiOV. The number of hydrogen-bond donors (Lipinski definition) is 0. The van der Waals surface area contributed by atoms with Crippen LogP contribution in [0, 0.1) is 0 Å². The van der Waals surface area contributed by atoms with Gasteiger partial charge in [-0.15, -0.1) is 0 Å². The van der Waals surface area contributed by atoms with Gasteiger partial charge in [0.2, 0.25) is 0 Å². The Bertz CT molecular complexity index is 8.00. The first-order chi connectivity index (χ1) is 0. The largest absolute Gasteiger partial charge is 0 e. The zero-order valence-corrected chi connectivity index (χ0v) is 4.13. The molecule has 0 aromatic heterocycles. The van der Waals surface area contributed by atoms with E-state index in [0.29, 0.717) is 0 Å². The third-order valence-corrected chi connectivity index (χ3v) is 0. The van der Waals surface area contributed by atoms with Crippen LogP contribution in [0.5, 0.6) is 0 Å². The first-order valence-electron chi connectivity index (χ1n) is 0. The average molecular weight is 185 g/mol. The van der Waals surface area contributed by atoms with Gasteiger partial charge in [0.05, 0.1) is 0 Å². The summed E-state index contributed by atoms with van der Waals surface area (Å²) in [7, 11) is 0. The summed E-state index contributed by atoms with van der Waals surface area (Å²) in [4.78, 5) is 0. The smallest absolute Gasteiger partial charge is 0 e. The molecule has 0 aliphatic rings. The number of rotatable bonds is 0. The quantitative estimate of drug-likeness (QED) is 0.412. The zero-order chi connectivity index (χ0) is 0. The molecule has 4 heteroatoms. The third-order valence-electron chi connectivity index (χ3n) is 0. The van der Waals surface area contributed by atoms with Crippen molar-refractivity contribution in [2.24, 2.45) is 0 Å². The fourth-order valence-corrected chi connectivity index (χ4v) is 0. The molecule has 0 aromatic carbocycles. The van der Waals surface area contributed by atoms with Crippen LogP contribution < -0.4 is 0 Å². The van der Waals surface area contributed by atoms with Gasteiger partial charge in [-0.05, 0) is 0 Å². The van der Waals surface area contributed by atoms with Crippen molar-refractivity contribution in [3.8, 4) is 0 Å². The molecule has 2 N–H and O–H groups in total. The molecule has 26 valence electrons. The van der Waals surface area contributed by atoms with Crippen LogP contribution in [-0.4, -0.2) is 24.3 Å². The molecule has 0 aliphatic carbocycles. The molecule has 0 aromatic rings. The summed E-state index contributed by atoms with van der Waals surface area (Å²) >= 11 is 0. The normalized spacial score (nSPS) is 0. The molecular weight excluding hydrogens is 182 g/mol. The van der Waals surface area contributed by atoms with Crippen LogP contribution in [0.1, 0.15) is 0 Å².